The first-order valence-electron chi connectivity index (χ1n) is 12.0. The number of amides is 2. The lowest BCUT2D eigenvalue weighted by molar-refractivity contribution is -0.132. The van der Waals surface area contributed by atoms with Gasteiger partial charge >= 0.3 is 0 Å². The van der Waals surface area contributed by atoms with Crippen molar-refractivity contribution in [2.24, 2.45) is 0 Å². The average Bonchev–Trinajstić information content (AvgIpc) is 3.22. The van der Waals surface area contributed by atoms with Crippen LogP contribution in [0.25, 0.3) is 0 Å². The zero-order chi connectivity index (χ0) is 25.7. The summed E-state index contributed by atoms with van der Waals surface area (Å²) in [4.78, 5) is 32.8. The normalized spacial score (nSPS) is 12.6. The topological polar surface area (TPSA) is 95.3 Å². The van der Waals surface area contributed by atoms with Crippen molar-refractivity contribution in [3.8, 4) is 11.8 Å². The summed E-state index contributed by atoms with van der Waals surface area (Å²) in [5.41, 5.74) is 5.60. The summed E-state index contributed by atoms with van der Waals surface area (Å²) in [7, 11) is 1.62. The number of carbonyl (C=O) groups excluding carboxylic acids is 2. The molecule has 1 N–H and O–H groups in total. The molecule has 3 heterocycles. The maximum atomic E-state index is 12.9. The number of ether oxygens (including phenoxy) is 1. The van der Waals surface area contributed by atoms with Crippen LogP contribution in [0.1, 0.15) is 51.2 Å². The average molecular weight is 503 g/mol. The Balaban J connectivity index is 1.38. The fraction of sp³-hybridized carbons (Fsp3) is 0.357. The fourth-order valence-electron chi connectivity index (χ4n) is 4.49. The second-order valence-electron chi connectivity index (χ2n) is 9.07. The van der Waals surface area contributed by atoms with Gasteiger partial charge in [0.2, 0.25) is 11.8 Å². The van der Waals surface area contributed by atoms with Crippen molar-refractivity contribution in [3.05, 3.63) is 74.9 Å². The molecular formula is C28H30N4O3S. The Labute approximate surface area is 215 Å². The Morgan fingerprint density at radius 2 is 1.97 bits per heavy atom. The highest BCUT2D eigenvalue weighted by molar-refractivity contribution is 7.16. The molecule has 1 aliphatic heterocycles. The zero-order valence-electron chi connectivity index (χ0n) is 20.9. The lowest BCUT2D eigenvalue weighted by Gasteiger charge is -2.27. The van der Waals surface area contributed by atoms with Gasteiger partial charge in [0.15, 0.2) is 0 Å². The molecular weight excluding hydrogens is 472 g/mol. The molecule has 0 aliphatic carbocycles. The molecule has 0 unspecified atom stereocenters. The number of methoxy groups -OCH3 is 1. The van der Waals surface area contributed by atoms with Crippen LogP contribution in [0, 0.1) is 25.2 Å². The first-order chi connectivity index (χ1) is 17.4. The fourth-order valence-corrected chi connectivity index (χ4v) is 5.72. The maximum absolute atomic E-state index is 12.9. The van der Waals surface area contributed by atoms with Crippen molar-refractivity contribution in [1.29, 1.82) is 5.26 Å². The summed E-state index contributed by atoms with van der Waals surface area (Å²) in [6, 6.07) is 12.1. The van der Waals surface area contributed by atoms with E-state index < -0.39 is 0 Å². The quantitative estimate of drug-likeness (QED) is 0.481. The molecule has 0 fully saturated rings. The van der Waals surface area contributed by atoms with Gasteiger partial charge in [-0.3, -0.25) is 14.6 Å². The van der Waals surface area contributed by atoms with E-state index in [0.717, 1.165) is 38.6 Å². The first kappa shape index (κ1) is 25.4. The van der Waals surface area contributed by atoms with E-state index in [9.17, 15) is 14.9 Å². The van der Waals surface area contributed by atoms with Crippen molar-refractivity contribution in [1.82, 2.24) is 9.88 Å². The molecule has 0 bridgehead atoms. The van der Waals surface area contributed by atoms with Crippen LogP contribution in [0.3, 0.4) is 0 Å². The van der Waals surface area contributed by atoms with E-state index in [0.29, 0.717) is 49.3 Å². The standard InChI is InChI=1S/C28H30N4O3S/c1-18-4-7-24(35-3)20(14-18)5-8-26(33)31-28-23(16-29)22-11-13-32(17-25(22)36-28)27(34)9-6-21-15-19(2)10-12-30-21/h4,7,10,12,14-15H,5-6,8-9,11,13,17H2,1-3H3,(H,31,33). The van der Waals surface area contributed by atoms with Gasteiger partial charge in [-0.05, 0) is 68.0 Å². The van der Waals surface area contributed by atoms with E-state index in [1.807, 2.05) is 49.1 Å². The van der Waals surface area contributed by atoms with E-state index in [1.165, 1.54) is 11.3 Å². The van der Waals surface area contributed by atoms with Crippen LogP contribution in [0.2, 0.25) is 0 Å². The predicted molar refractivity (Wildman–Crippen MR) is 140 cm³/mol. The predicted octanol–water partition coefficient (Wildman–Crippen LogP) is 4.73. The number of aromatic nitrogens is 1. The molecule has 2 aromatic heterocycles. The molecule has 36 heavy (non-hydrogen) atoms. The summed E-state index contributed by atoms with van der Waals surface area (Å²) in [6.45, 7) is 5.05. The van der Waals surface area contributed by atoms with Crippen LogP contribution in [-0.2, 0) is 35.4 Å². The van der Waals surface area contributed by atoms with Crippen molar-refractivity contribution in [2.45, 2.75) is 52.5 Å². The van der Waals surface area contributed by atoms with Crippen LogP contribution in [0.15, 0.2) is 36.5 Å². The minimum Gasteiger partial charge on any atom is -0.496 e. The molecule has 0 atom stereocenters. The third kappa shape index (κ3) is 5.92. The first-order valence-corrected chi connectivity index (χ1v) is 12.9. The largest absolute Gasteiger partial charge is 0.496 e. The Bertz CT molecular complexity index is 1320. The van der Waals surface area contributed by atoms with Gasteiger partial charge in [0.1, 0.15) is 16.8 Å². The molecule has 0 saturated carbocycles. The van der Waals surface area contributed by atoms with Gasteiger partial charge in [0.25, 0.3) is 0 Å². The number of anilines is 1. The Hall–Kier alpha value is -3.70. The molecule has 0 saturated heterocycles. The molecule has 0 spiro atoms. The summed E-state index contributed by atoms with van der Waals surface area (Å²) >= 11 is 1.40. The number of hydrogen-bond donors (Lipinski definition) is 1. The third-order valence-corrected chi connectivity index (χ3v) is 7.53. The van der Waals surface area contributed by atoms with Gasteiger partial charge in [-0.15, -0.1) is 11.3 Å². The number of nitrogens with one attached hydrogen (secondary N) is 1. The number of nitrogens with zero attached hydrogens (tertiary/aromatic N) is 3. The van der Waals surface area contributed by atoms with Gasteiger partial charge < -0.3 is 15.0 Å². The number of fused-ring (bicyclic) bond motifs is 1. The Kier molecular flexibility index (Phi) is 8.01. The van der Waals surface area contributed by atoms with Gasteiger partial charge in [-0.25, -0.2) is 0 Å². The van der Waals surface area contributed by atoms with Gasteiger partial charge in [-0.1, -0.05) is 17.7 Å². The second-order valence-corrected chi connectivity index (χ2v) is 10.2. The highest BCUT2D eigenvalue weighted by Gasteiger charge is 2.27. The number of thiophene rings is 1. The summed E-state index contributed by atoms with van der Waals surface area (Å²) < 4.78 is 5.41. The van der Waals surface area contributed by atoms with E-state index in [1.54, 1.807) is 13.3 Å². The highest BCUT2D eigenvalue weighted by Crippen LogP contribution is 2.37. The Morgan fingerprint density at radius 1 is 1.17 bits per heavy atom. The van der Waals surface area contributed by atoms with Crippen LogP contribution in [0.5, 0.6) is 5.75 Å². The smallest absolute Gasteiger partial charge is 0.225 e. The maximum Gasteiger partial charge on any atom is 0.225 e. The van der Waals surface area contributed by atoms with Crippen LogP contribution >= 0.6 is 11.3 Å². The van der Waals surface area contributed by atoms with E-state index in [4.69, 9.17) is 4.74 Å². The monoisotopic (exact) mass is 502 g/mol. The minimum absolute atomic E-state index is 0.0774. The number of pyridine rings is 1. The zero-order valence-corrected chi connectivity index (χ0v) is 21.7. The molecule has 3 aromatic rings. The number of hydrogen-bond acceptors (Lipinski definition) is 6. The molecule has 1 aliphatic rings. The summed E-state index contributed by atoms with van der Waals surface area (Å²) in [6.07, 6.45) is 4.20. The van der Waals surface area contributed by atoms with Crippen LogP contribution in [-0.4, -0.2) is 35.4 Å². The van der Waals surface area contributed by atoms with Crippen molar-refractivity contribution >= 4 is 28.2 Å². The summed E-state index contributed by atoms with van der Waals surface area (Å²) in [5.74, 6) is 0.696. The Morgan fingerprint density at radius 3 is 2.72 bits per heavy atom. The van der Waals surface area contributed by atoms with Crippen molar-refractivity contribution in [2.75, 3.05) is 19.0 Å². The van der Waals surface area contributed by atoms with E-state index >= 15 is 0 Å². The van der Waals surface area contributed by atoms with Crippen molar-refractivity contribution in [3.63, 3.8) is 0 Å². The number of nitriles is 1. The van der Waals surface area contributed by atoms with E-state index in [-0.39, 0.29) is 18.2 Å². The van der Waals surface area contributed by atoms with Gasteiger partial charge in [-0.2, -0.15) is 5.26 Å². The van der Waals surface area contributed by atoms with Gasteiger partial charge in [0.05, 0.1) is 19.2 Å². The number of benzene rings is 1. The number of carbonyl (C=O) groups is 2. The highest BCUT2D eigenvalue weighted by atomic mass is 32.1. The van der Waals surface area contributed by atoms with Crippen LogP contribution in [0.4, 0.5) is 5.00 Å². The van der Waals surface area contributed by atoms with Gasteiger partial charge in [0, 0.05) is 36.2 Å². The minimum atomic E-state index is -0.146. The number of rotatable bonds is 8. The molecule has 7 nitrogen and oxygen atoms in total. The second kappa shape index (κ2) is 11.4. The molecule has 1 aromatic carbocycles. The third-order valence-electron chi connectivity index (χ3n) is 6.40. The molecule has 0 radical (unpaired) electrons. The molecule has 4 rings (SSSR count). The lowest BCUT2D eigenvalue weighted by Crippen LogP contribution is -2.35. The summed E-state index contributed by atoms with van der Waals surface area (Å²) in [5, 5.41) is 13.3. The van der Waals surface area contributed by atoms with Crippen molar-refractivity contribution < 1.29 is 14.3 Å². The van der Waals surface area contributed by atoms with E-state index in [2.05, 4.69) is 16.4 Å². The lowest BCUT2D eigenvalue weighted by atomic mass is 10.0. The number of aryl methyl sites for hydroxylation is 4. The van der Waals surface area contributed by atoms with Crippen LogP contribution < -0.4 is 10.1 Å². The molecule has 8 heteroatoms. The SMILES string of the molecule is COc1ccc(C)cc1CCC(=O)Nc1sc2c(c1C#N)CCN(C(=O)CCc1cc(C)ccn1)C2. The molecule has 2 amide bonds. The molecule has 186 valence electrons.